The van der Waals surface area contributed by atoms with Crippen LogP contribution in [0.2, 0.25) is 0 Å². The fourth-order valence-corrected chi connectivity index (χ4v) is 4.37. The van der Waals surface area contributed by atoms with Crippen molar-refractivity contribution in [2.45, 2.75) is 43.8 Å². The Labute approximate surface area is 98.3 Å². The lowest BCUT2D eigenvalue weighted by atomic mass is 10.4. The van der Waals surface area contributed by atoms with Crippen LogP contribution in [0.4, 0.5) is 0 Å². The summed E-state index contributed by atoms with van der Waals surface area (Å²) in [5.74, 6) is 3.04. The molecule has 0 spiro atoms. The molecule has 0 unspecified atom stereocenters. The summed E-state index contributed by atoms with van der Waals surface area (Å²) in [6.07, 6.45) is 11.3. The SMILES string of the molecule is C#CCN(CC1CC1)S(=O)(=O)C1CCCC1. The maximum absolute atomic E-state index is 12.3. The van der Waals surface area contributed by atoms with Crippen molar-refractivity contribution in [3.05, 3.63) is 0 Å². The van der Waals surface area contributed by atoms with Gasteiger partial charge in [-0.3, -0.25) is 0 Å². The van der Waals surface area contributed by atoms with E-state index in [4.69, 9.17) is 6.42 Å². The molecule has 0 radical (unpaired) electrons. The van der Waals surface area contributed by atoms with Crippen LogP contribution in [-0.4, -0.2) is 31.1 Å². The Kier molecular flexibility index (Phi) is 3.56. The van der Waals surface area contributed by atoms with Crippen LogP contribution in [0, 0.1) is 18.3 Å². The van der Waals surface area contributed by atoms with Gasteiger partial charge in [0, 0.05) is 6.54 Å². The standard InChI is InChI=1S/C12H19NO2S/c1-2-9-13(10-11-7-8-11)16(14,15)12-5-3-4-6-12/h1,11-12H,3-10H2. The fourth-order valence-electron chi connectivity index (χ4n) is 2.35. The summed E-state index contributed by atoms with van der Waals surface area (Å²) in [6.45, 7) is 0.887. The molecule has 2 saturated carbocycles. The molecule has 0 bridgehead atoms. The Hall–Kier alpha value is -0.530. The second-order valence-corrected chi connectivity index (χ2v) is 7.10. The Morgan fingerprint density at radius 3 is 2.31 bits per heavy atom. The van der Waals surface area contributed by atoms with Crippen molar-refractivity contribution in [2.24, 2.45) is 5.92 Å². The summed E-state index contributed by atoms with van der Waals surface area (Å²) in [6, 6.07) is 0. The number of nitrogens with zero attached hydrogens (tertiary/aromatic N) is 1. The minimum absolute atomic E-state index is 0.167. The van der Waals surface area contributed by atoms with Gasteiger partial charge in [0.05, 0.1) is 11.8 Å². The van der Waals surface area contributed by atoms with Crippen molar-refractivity contribution in [2.75, 3.05) is 13.1 Å². The first-order valence-corrected chi connectivity index (χ1v) is 7.57. The summed E-state index contributed by atoms with van der Waals surface area (Å²) in [7, 11) is -3.13. The lowest BCUT2D eigenvalue weighted by Crippen LogP contribution is -2.39. The van der Waals surface area contributed by atoms with E-state index in [1.807, 2.05) is 0 Å². The van der Waals surface area contributed by atoms with Crippen LogP contribution in [-0.2, 0) is 10.0 Å². The number of terminal acetylenes is 1. The van der Waals surface area contributed by atoms with Crippen molar-refractivity contribution in [3.8, 4) is 12.3 Å². The van der Waals surface area contributed by atoms with Crippen molar-refractivity contribution in [1.29, 1.82) is 0 Å². The Bertz CT molecular complexity index is 372. The van der Waals surface area contributed by atoms with E-state index in [0.717, 1.165) is 38.5 Å². The van der Waals surface area contributed by atoms with Gasteiger partial charge in [-0.25, -0.2) is 8.42 Å². The molecule has 0 aromatic heterocycles. The van der Waals surface area contributed by atoms with Gasteiger partial charge in [0.2, 0.25) is 10.0 Å². The molecule has 0 aromatic rings. The molecular formula is C12H19NO2S. The summed E-state index contributed by atoms with van der Waals surface area (Å²) in [5.41, 5.74) is 0. The van der Waals surface area contributed by atoms with Gasteiger partial charge in [0.25, 0.3) is 0 Å². The van der Waals surface area contributed by atoms with Crippen molar-refractivity contribution in [3.63, 3.8) is 0 Å². The molecule has 2 aliphatic carbocycles. The van der Waals surface area contributed by atoms with E-state index >= 15 is 0 Å². The van der Waals surface area contributed by atoms with Crippen LogP contribution in [0.3, 0.4) is 0 Å². The number of hydrogen-bond donors (Lipinski definition) is 0. The molecule has 4 heteroatoms. The smallest absolute Gasteiger partial charge is 0.212 e. The van der Waals surface area contributed by atoms with Gasteiger partial charge < -0.3 is 0 Å². The predicted molar refractivity (Wildman–Crippen MR) is 64.3 cm³/mol. The number of sulfonamides is 1. The van der Waals surface area contributed by atoms with Crippen molar-refractivity contribution in [1.82, 2.24) is 4.31 Å². The largest absolute Gasteiger partial charge is 0.217 e. The van der Waals surface area contributed by atoms with Gasteiger partial charge >= 0.3 is 0 Å². The second-order valence-electron chi connectivity index (χ2n) is 4.89. The molecule has 2 fully saturated rings. The van der Waals surface area contributed by atoms with Gasteiger partial charge in [-0.15, -0.1) is 6.42 Å². The van der Waals surface area contributed by atoms with Crippen LogP contribution in [0.1, 0.15) is 38.5 Å². The first kappa shape index (κ1) is 11.9. The molecule has 2 rings (SSSR count). The predicted octanol–water partition coefficient (Wildman–Crippen LogP) is 1.60. The van der Waals surface area contributed by atoms with E-state index in [1.165, 1.54) is 0 Å². The van der Waals surface area contributed by atoms with E-state index in [9.17, 15) is 8.42 Å². The summed E-state index contributed by atoms with van der Waals surface area (Å²) in [4.78, 5) is 0. The van der Waals surface area contributed by atoms with Gasteiger partial charge in [-0.1, -0.05) is 18.8 Å². The van der Waals surface area contributed by atoms with Crippen molar-refractivity contribution < 1.29 is 8.42 Å². The van der Waals surface area contributed by atoms with Gasteiger partial charge in [0.15, 0.2) is 0 Å². The highest BCUT2D eigenvalue weighted by molar-refractivity contribution is 7.89. The zero-order valence-corrected chi connectivity index (χ0v) is 10.4. The first-order valence-electron chi connectivity index (χ1n) is 6.07. The lowest BCUT2D eigenvalue weighted by Gasteiger charge is -2.23. The second kappa shape index (κ2) is 4.77. The summed E-state index contributed by atoms with van der Waals surface area (Å²) in [5, 5.41) is -0.167. The maximum Gasteiger partial charge on any atom is 0.217 e. The molecule has 16 heavy (non-hydrogen) atoms. The molecule has 0 aromatic carbocycles. The molecule has 90 valence electrons. The van der Waals surface area contributed by atoms with E-state index < -0.39 is 10.0 Å². The third-order valence-electron chi connectivity index (χ3n) is 3.51. The molecule has 0 saturated heterocycles. The van der Waals surface area contributed by atoms with Gasteiger partial charge in [-0.2, -0.15) is 4.31 Å². The van der Waals surface area contributed by atoms with Crippen LogP contribution in [0.5, 0.6) is 0 Å². The molecule has 0 aliphatic heterocycles. The van der Waals surface area contributed by atoms with Gasteiger partial charge in [0.1, 0.15) is 0 Å². The average molecular weight is 241 g/mol. The molecule has 0 N–H and O–H groups in total. The lowest BCUT2D eigenvalue weighted by molar-refractivity contribution is 0.421. The number of rotatable bonds is 5. The monoisotopic (exact) mass is 241 g/mol. The van der Waals surface area contributed by atoms with E-state index in [0.29, 0.717) is 12.5 Å². The Morgan fingerprint density at radius 2 is 1.81 bits per heavy atom. The van der Waals surface area contributed by atoms with Crippen LogP contribution in [0.25, 0.3) is 0 Å². The minimum atomic E-state index is -3.13. The van der Waals surface area contributed by atoms with E-state index in [2.05, 4.69) is 5.92 Å². The Balaban J connectivity index is 2.06. The third kappa shape index (κ3) is 2.58. The Morgan fingerprint density at radius 1 is 1.19 bits per heavy atom. The number of hydrogen-bond acceptors (Lipinski definition) is 2. The average Bonchev–Trinajstić information content (AvgIpc) is 2.89. The molecule has 3 nitrogen and oxygen atoms in total. The highest BCUT2D eigenvalue weighted by Crippen LogP contribution is 2.33. The highest BCUT2D eigenvalue weighted by atomic mass is 32.2. The topological polar surface area (TPSA) is 37.4 Å². The van der Waals surface area contributed by atoms with Crippen molar-refractivity contribution >= 4 is 10.0 Å². The van der Waals surface area contributed by atoms with E-state index in [-0.39, 0.29) is 11.8 Å². The zero-order valence-electron chi connectivity index (χ0n) is 9.56. The molecule has 0 amide bonds. The summed E-state index contributed by atoms with van der Waals surface area (Å²) < 4.78 is 26.2. The van der Waals surface area contributed by atoms with E-state index in [1.54, 1.807) is 4.31 Å². The summed E-state index contributed by atoms with van der Waals surface area (Å²) >= 11 is 0. The van der Waals surface area contributed by atoms with Crippen LogP contribution >= 0.6 is 0 Å². The quantitative estimate of drug-likeness (QED) is 0.686. The highest BCUT2D eigenvalue weighted by Gasteiger charge is 2.36. The minimum Gasteiger partial charge on any atom is -0.212 e. The zero-order chi connectivity index (χ0) is 11.6. The van der Waals surface area contributed by atoms with Crippen LogP contribution < -0.4 is 0 Å². The molecule has 0 heterocycles. The first-order chi connectivity index (χ1) is 7.64. The normalized spacial score (nSPS) is 22.5. The third-order valence-corrected chi connectivity index (χ3v) is 5.82. The van der Waals surface area contributed by atoms with Crippen LogP contribution in [0.15, 0.2) is 0 Å². The molecule has 0 atom stereocenters. The van der Waals surface area contributed by atoms with Gasteiger partial charge in [-0.05, 0) is 31.6 Å². The molecular weight excluding hydrogens is 222 g/mol. The fraction of sp³-hybridized carbons (Fsp3) is 0.833. The molecule has 2 aliphatic rings. The maximum atomic E-state index is 12.3.